The van der Waals surface area contributed by atoms with Gasteiger partial charge in [0.2, 0.25) is 0 Å². The summed E-state index contributed by atoms with van der Waals surface area (Å²) in [5, 5.41) is 12.3. The number of aromatic nitrogens is 2. The zero-order valence-corrected chi connectivity index (χ0v) is 10.3. The second-order valence-electron chi connectivity index (χ2n) is 3.77. The Balaban J connectivity index is 2.08. The van der Waals surface area contributed by atoms with Gasteiger partial charge in [0.25, 0.3) is 5.91 Å². The van der Waals surface area contributed by atoms with E-state index in [1.165, 1.54) is 25.6 Å². The Morgan fingerprint density at radius 2 is 2.26 bits per heavy atom. The van der Waals surface area contributed by atoms with Gasteiger partial charge in [-0.25, -0.2) is 9.97 Å². The van der Waals surface area contributed by atoms with Crippen LogP contribution in [0, 0.1) is 0 Å². The number of phenols is 1. The third kappa shape index (κ3) is 3.19. The molecule has 0 atom stereocenters. The quantitative estimate of drug-likeness (QED) is 0.859. The molecule has 1 aromatic heterocycles. The third-order valence-electron chi connectivity index (χ3n) is 2.52. The molecule has 0 aliphatic rings. The minimum Gasteiger partial charge on any atom is -0.507 e. The number of nitrogens with one attached hydrogen (secondary N) is 1. The molecule has 98 valence electrons. The van der Waals surface area contributed by atoms with Crippen molar-refractivity contribution in [3.63, 3.8) is 0 Å². The van der Waals surface area contributed by atoms with Gasteiger partial charge in [-0.2, -0.15) is 0 Å². The molecular weight excluding hydrogens is 246 g/mol. The van der Waals surface area contributed by atoms with Crippen molar-refractivity contribution in [2.75, 3.05) is 7.11 Å². The topological polar surface area (TPSA) is 84.3 Å². The number of nitrogens with zero attached hydrogens (tertiary/aromatic N) is 2. The molecule has 0 aliphatic heterocycles. The lowest BCUT2D eigenvalue weighted by Gasteiger charge is -2.08. The van der Waals surface area contributed by atoms with Crippen LogP contribution in [0.25, 0.3) is 0 Å². The van der Waals surface area contributed by atoms with Crippen LogP contribution in [-0.4, -0.2) is 28.1 Å². The molecule has 19 heavy (non-hydrogen) atoms. The van der Waals surface area contributed by atoms with E-state index in [-0.39, 0.29) is 17.9 Å². The van der Waals surface area contributed by atoms with Gasteiger partial charge >= 0.3 is 0 Å². The molecule has 0 aliphatic carbocycles. The average molecular weight is 259 g/mol. The van der Waals surface area contributed by atoms with E-state index in [0.29, 0.717) is 11.4 Å². The first-order chi connectivity index (χ1) is 9.20. The van der Waals surface area contributed by atoms with Crippen LogP contribution in [0.1, 0.15) is 16.1 Å². The maximum atomic E-state index is 11.9. The summed E-state index contributed by atoms with van der Waals surface area (Å²) in [5.41, 5.74) is 0.846. The SMILES string of the molecule is COc1ccc(O)c(C(=O)NCc2ccncn2)c1. The fourth-order valence-electron chi connectivity index (χ4n) is 1.51. The van der Waals surface area contributed by atoms with Crippen molar-refractivity contribution in [1.29, 1.82) is 0 Å². The first-order valence-corrected chi connectivity index (χ1v) is 5.61. The van der Waals surface area contributed by atoms with E-state index in [0.717, 1.165) is 0 Å². The Morgan fingerprint density at radius 1 is 1.42 bits per heavy atom. The van der Waals surface area contributed by atoms with Gasteiger partial charge in [0, 0.05) is 6.20 Å². The number of phenolic OH excluding ortho intramolecular Hbond substituents is 1. The maximum Gasteiger partial charge on any atom is 0.255 e. The molecule has 0 saturated carbocycles. The van der Waals surface area contributed by atoms with Crippen molar-refractivity contribution in [3.05, 3.63) is 48.0 Å². The molecule has 0 bridgehead atoms. The summed E-state index contributed by atoms with van der Waals surface area (Å²) in [5.74, 6) is 0.0148. The Morgan fingerprint density at radius 3 is 2.95 bits per heavy atom. The van der Waals surface area contributed by atoms with Crippen molar-refractivity contribution in [3.8, 4) is 11.5 Å². The molecule has 2 rings (SSSR count). The number of hydrogen-bond acceptors (Lipinski definition) is 5. The number of rotatable bonds is 4. The minimum atomic E-state index is -0.394. The highest BCUT2D eigenvalue weighted by molar-refractivity contribution is 5.97. The monoisotopic (exact) mass is 259 g/mol. The van der Waals surface area contributed by atoms with Crippen LogP contribution >= 0.6 is 0 Å². The smallest absolute Gasteiger partial charge is 0.255 e. The van der Waals surface area contributed by atoms with E-state index < -0.39 is 5.91 Å². The maximum absolute atomic E-state index is 11.9. The van der Waals surface area contributed by atoms with E-state index in [9.17, 15) is 9.90 Å². The normalized spacial score (nSPS) is 9.95. The predicted molar refractivity (Wildman–Crippen MR) is 67.9 cm³/mol. The zero-order chi connectivity index (χ0) is 13.7. The number of ether oxygens (including phenoxy) is 1. The van der Waals surface area contributed by atoms with Crippen molar-refractivity contribution < 1.29 is 14.6 Å². The summed E-state index contributed by atoms with van der Waals surface area (Å²) >= 11 is 0. The second-order valence-corrected chi connectivity index (χ2v) is 3.77. The van der Waals surface area contributed by atoms with Crippen molar-refractivity contribution in [2.24, 2.45) is 0 Å². The number of aromatic hydroxyl groups is 1. The lowest BCUT2D eigenvalue weighted by atomic mass is 10.1. The van der Waals surface area contributed by atoms with Crippen molar-refractivity contribution >= 4 is 5.91 Å². The molecule has 1 aromatic carbocycles. The summed E-state index contributed by atoms with van der Waals surface area (Å²) in [4.78, 5) is 19.7. The van der Waals surface area contributed by atoms with Gasteiger partial charge in [-0.3, -0.25) is 4.79 Å². The summed E-state index contributed by atoms with van der Waals surface area (Å²) in [6.45, 7) is 0.262. The first kappa shape index (κ1) is 12.8. The fraction of sp³-hybridized carbons (Fsp3) is 0.154. The summed E-state index contributed by atoms with van der Waals surface area (Å²) in [7, 11) is 1.49. The van der Waals surface area contributed by atoms with Gasteiger partial charge < -0.3 is 15.2 Å². The second kappa shape index (κ2) is 5.81. The molecule has 1 heterocycles. The van der Waals surface area contributed by atoms with Crippen molar-refractivity contribution in [1.82, 2.24) is 15.3 Å². The Labute approximate surface area is 110 Å². The lowest BCUT2D eigenvalue weighted by molar-refractivity contribution is 0.0947. The number of hydrogen-bond donors (Lipinski definition) is 2. The van der Waals surface area contributed by atoms with E-state index in [4.69, 9.17) is 4.74 Å². The van der Waals surface area contributed by atoms with Gasteiger partial charge in [-0.1, -0.05) is 0 Å². The largest absolute Gasteiger partial charge is 0.507 e. The number of benzene rings is 1. The molecule has 6 heteroatoms. The Bertz CT molecular complexity index is 573. The van der Waals surface area contributed by atoms with E-state index in [1.807, 2.05) is 0 Å². The van der Waals surface area contributed by atoms with Gasteiger partial charge in [0.05, 0.1) is 24.9 Å². The highest BCUT2D eigenvalue weighted by atomic mass is 16.5. The molecule has 0 spiro atoms. The number of carbonyl (C=O) groups excluding carboxylic acids is 1. The highest BCUT2D eigenvalue weighted by Crippen LogP contribution is 2.22. The van der Waals surface area contributed by atoms with Gasteiger partial charge in [-0.15, -0.1) is 0 Å². The average Bonchev–Trinajstić information content (AvgIpc) is 2.46. The molecule has 2 aromatic rings. The van der Waals surface area contributed by atoms with Gasteiger partial charge in [-0.05, 0) is 24.3 Å². The predicted octanol–water partition coefficient (Wildman–Crippen LogP) is 1.12. The van der Waals surface area contributed by atoms with E-state index in [1.54, 1.807) is 18.3 Å². The van der Waals surface area contributed by atoms with Crippen LogP contribution in [0.3, 0.4) is 0 Å². The van der Waals surface area contributed by atoms with Gasteiger partial charge in [0.1, 0.15) is 17.8 Å². The molecule has 1 amide bonds. The third-order valence-corrected chi connectivity index (χ3v) is 2.52. The lowest BCUT2D eigenvalue weighted by Crippen LogP contribution is -2.23. The first-order valence-electron chi connectivity index (χ1n) is 5.61. The number of methoxy groups -OCH3 is 1. The van der Waals surface area contributed by atoms with Crippen LogP contribution in [0.5, 0.6) is 11.5 Å². The summed E-state index contributed by atoms with van der Waals surface area (Å²) in [6, 6.07) is 6.17. The molecule has 0 saturated heterocycles. The van der Waals surface area contributed by atoms with Crippen LogP contribution in [-0.2, 0) is 6.54 Å². The van der Waals surface area contributed by atoms with Crippen LogP contribution in [0.4, 0.5) is 0 Å². The molecule has 0 unspecified atom stereocenters. The fourth-order valence-corrected chi connectivity index (χ4v) is 1.51. The number of carbonyl (C=O) groups is 1. The van der Waals surface area contributed by atoms with Crippen LogP contribution < -0.4 is 10.1 Å². The van der Waals surface area contributed by atoms with E-state index in [2.05, 4.69) is 15.3 Å². The summed E-state index contributed by atoms with van der Waals surface area (Å²) < 4.78 is 5.01. The standard InChI is InChI=1S/C13H13N3O3/c1-19-10-2-3-12(17)11(6-10)13(18)15-7-9-4-5-14-8-16-9/h2-6,8,17H,7H2,1H3,(H,15,18). The van der Waals surface area contributed by atoms with Crippen molar-refractivity contribution in [2.45, 2.75) is 6.54 Å². The number of amides is 1. The Hall–Kier alpha value is -2.63. The molecule has 2 N–H and O–H groups in total. The Kier molecular flexibility index (Phi) is 3.92. The highest BCUT2D eigenvalue weighted by Gasteiger charge is 2.12. The van der Waals surface area contributed by atoms with E-state index >= 15 is 0 Å². The van der Waals surface area contributed by atoms with Gasteiger partial charge in [0.15, 0.2) is 0 Å². The zero-order valence-electron chi connectivity index (χ0n) is 10.3. The van der Waals surface area contributed by atoms with Crippen LogP contribution in [0.2, 0.25) is 0 Å². The molecule has 0 radical (unpaired) electrons. The molecule has 0 fully saturated rings. The molecule has 6 nitrogen and oxygen atoms in total. The molecular formula is C13H13N3O3. The minimum absolute atomic E-state index is 0.0963. The summed E-state index contributed by atoms with van der Waals surface area (Å²) in [6.07, 6.45) is 3.00. The van der Waals surface area contributed by atoms with Crippen LogP contribution in [0.15, 0.2) is 36.8 Å².